The second kappa shape index (κ2) is 4.91. The van der Waals surface area contributed by atoms with Crippen molar-refractivity contribution >= 4 is 5.97 Å². The minimum Gasteiger partial charge on any atom is -0.454 e. The SMILES string of the molecule is C=C1C(=O)O[C@@H]2C=C(C)CCC=C(C)CC[C@@H]12. The van der Waals surface area contributed by atoms with Crippen LogP contribution >= 0.6 is 0 Å². The highest BCUT2D eigenvalue weighted by molar-refractivity contribution is 5.91. The molecule has 0 aromatic rings. The number of hydrogen-bond donors (Lipinski definition) is 0. The largest absolute Gasteiger partial charge is 0.454 e. The van der Waals surface area contributed by atoms with Crippen LogP contribution in [0, 0.1) is 5.92 Å². The molecule has 0 saturated carbocycles. The Morgan fingerprint density at radius 1 is 1.29 bits per heavy atom. The van der Waals surface area contributed by atoms with Crippen molar-refractivity contribution in [1.82, 2.24) is 0 Å². The van der Waals surface area contributed by atoms with Gasteiger partial charge in [-0.15, -0.1) is 0 Å². The third kappa shape index (κ3) is 2.68. The molecule has 2 rings (SSSR count). The fourth-order valence-corrected chi connectivity index (χ4v) is 2.51. The number of fused-ring (bicyclic) bond motifs is 1. The standard InChI is InChI=1S/C15H20O2/c1-10-5-4-6-11(2)9-14-13(8-7-10)12(3)15(16)17-14/h5,9,13-14H,3-4,6-8H2,1-2H3/t13-,14+/m0/s1. The smallest absolute Gasteiger partial charge is 0.334 e. The summed E-state index contributed by atoms with van der Waals surface area (Å²) < 4.78 is 5.38. The van der Waals surface area contributed by atoms with Gasteiger partial charge in [-0.1, -0.05) is 23.8 Å². The lowest BCUT2D eigenvalue weighted by Gasteiger charge is -2.17. The van der Waals surface area contributed by atoms with Crippen LogP contribution in [-0.4, -0.2) is 12.1 Å². The Hall–Kier alpha value is -1.31. The molecule has 1 aliphatic heterocycles. The van der Waals surface area contributed by atoms with Crippen LogP contribution in [0.4, 0.5) is 0 Å². The highest BCUT2D eigenvalue weighted by Gasteiger charge is 2.36. The van der Waals surface area contributed by atoms with E-state index in [1.807, 2.05) is 0 Å². The Morgan fingerprint density at radius 2 is 2.06 bits per heavy atom. The summed E-state index contributed by atoms with van der Waals surface area (Å²) in [5.74, 6) is -0.0520. The highest BCUT2D eigenvalue weighted by Crippen LogP contribution is 2.33. The third-order valence-corrected chi connectivity index (χ3v) is 3.68. The van der Waals surface area contributed by atoms with Crippen molar-refractivity contribution in [2.45, 2.75) is 45.6 Å². The first-order valence-electron chi connectivity index (χ1n) is 6.30. The van der Waals surface area contributed by atoms with E-state index in [0.29, 0.717) is 5.57 Å². The minimum absolute atomic E-state index is 0.0825. The van der Waals surface area contributed by atoms with E-state index in [9.17, 15) is 4.79 Å². The van der Waals surface area contributed by atoms with Gasteiger partial charge in [0.25, 0.3) is 0 Å². The van der Waals surface area contributed by atoms with E-state index >= 15 is 0 Å². The van der Waals surface area contributed by atoms with Gasteiger partial charge in [-0.2, -0.15) is 0 Å². The van der Waals surface area contributed by atoms with Crippen molar-refractivity contribution in [2.24, 2.45) is 5.92 Å². The molecule has 1 aliphatic carbocycles. The summed E-state index contributed by atoms with van der Waals surface area (Å²) in [5, 5.41) is 0. The molecule has 0 aromatic carbocycles. The van der Waals surface area contributed by atoms with E-state index in [2.05, 4.69) is 32.6 Å². The molecular weight excluding hydrogens is 212 g/mol. The van der Waals surface area contributed by atoms with Gasteiger partial charge >= 0.3 is 5.97 Å². The maximum Gasteiger partial charge on any atom is 0.334 e. The molecule has 2 heteroatoms. The van der Waals surface area contributed by atoms with E-state index in [0.717, 1.165) is 25.7 Å². The molecule has 17 heavy (non-hydrogen) atoms. The quantitative estimate of drug-likeness (QED) is 0.363. The summed E-state index contributed by atoms with van der Waals surface area (Å²) in [4.78, 5) is 11.6. The lowest BCUT2D eigenvalue weighted by molar-refractivity contribution is -0.137. The van der Waals surface area contributed by atoms with E-state index in [1.54, 1.807) is 0 Å². The fourth-order valence-electron chi connectivity index (χ4n) is 2.51. The van der Waals surface area contributed by atoms with Crippen molar-refractivity contribution in [3.63, 3.8) is 0 Å². The molecule has 0 aromatic heterocycles. The molecule has 0 amide bonds. The predicted molar refractivity (Wildman–Crippen MR) is 68.5 cm³/mol. The zero-order chi connectivity index (χ0) is 12.4. The van der Waals surface area contributed by atoms with Crippen LogP contribution in [0.5, 0.6) is 0 Å². The van der Waals surface area contributed by atoms with Gasteiger partial charge in [0, 0.05) is 11.5 Å². The van der Waals surface area contributed by atoms with Crippen LogP contribution < -0.4 is 0 Å². The molecule has 1 heterocycles. The van der Waals surface area contributed by atoms with Gasteiger partial charge in [0.2, 0.25) is 0 Å². The number of rotatable bonds is 0. The highest BCUT2D eigenvalue weighted by atomic mass is 16.5. The van der Waals surface area contributed by atoms with Crippen LogP contribution in [0.2, 0.25) is 0 Å². The topological polar surface area (TPSA) is 26.3 Å². The van der Waals surface area contributed by atoms with Gasteiger partial charge in [0.05, 0.1) is 0 Å². The first kappa shape index (κ1) is 12.2. The zero-order valence-corrected chi connectivity index (χ0v) is 10.7. The van der Waals surface area contributed by atoms with E-state index in [1.165, 1.54) is 11.1 Å². The molecule has 0 bridgehead atoms. The summed E-state index contributed by atoms with van der Waals surface area (Å²) in [6.45, 7) is 8.14. The van der Waals surface area contributed by atoms with Crippen LogP contribution in [0.1, 0.15) is 39.5 Å². The number of esters is 1. The molecule has 92 valence electrons. The van der Waals surface area contributed by atoms with Crippen molar-refractivity contribution in [3.8, 4) is 0 Å². The first-order valence-corrected chi connectivity index (χ1v) is 6.30. The van der Waals surface area contributed by atoms with Crippen molar-refractivity contribution in [3.05, 3.63) is 35.5 Å². The minimum atomic E-state index is -0.218. The normalized spacial score (nSPS) is 30.2. The molecule has 2 aliphatic rings. The van der Waals surface area contributed by atoms with Gasteiger partial charge in [-0.05, 0) is 45.6 Å². The van der Waals surface area contributed by atoms with Crippen LogP contribution in [0.15, 0.2) is 35.5 Å². The van der Waals surface area contributed by atoms with Gasteiger partial charge < -0.3 is 4.74 Å². The summed E-state index contributed by atoms with van der Waals surface area (Å²) >= 11 is 0. The third-order valence-electron chi connectivity index (χ3n) is 3.68. The van der Waals surface area contributed by atoms with Gasteiger partial charge in [0.1, 0.15) is 6.10 Å². The lowest BCUT2D eigenvalue weighted by Crippen LogP contribution is -2.15. The molecule has 2 atom stereocenters. The molecular formula is C15H20O2. The number of ether oxygens (including phenoxy) is 1. The average molecular weight is 232 g/mol. The summed E-state index contributed by atoms with van der Waals surface area (Å²) in [7, 11) is 0. The Balaban J connectivity index is 2.24. The molecule has 0 spiro atoms. The van der Waals surface area contributed by atoms with E-state index in [4.69, 9.17) is 4.74 Å². The van der Waals surface area contributed by atoms with Gasteiger partial charge in [-0.3, -0.25) is 0 Å². The Labute approximate surface area is 103 Å². The fraction of sp³-hybridized carbons (Fsp3) is 0.533. The Kier molecular flexibility index (Phi) is 3.51. The molecule has 2 nitrogen and oxygen atoms in total. The van der Waals surface area contributed by atoms with Crippen LogP contribution in [0.25, 0.3) is 0 Å². The number of carbonyl (C=O) groups is 1. The van der Waals surface area contributed by atoms with Crippen molar-refractivity contribution < 1.29 is 9.53 Å². The molecule has 1 saturated heterocycles. The predicted octanol–water partition coefficient (Wildman–Crippen LogP) is 3.55. The Bertz CT molecular complexity index is 401. The lowest BCUT2D eigenvalue weighted by atomic mass is 9.88. The molecule has 0 radical (unpaired) electrons. The average Bonchev–Trinajstić information content (AvgIpc) is 2.52. The molecule has 1 fully saturated rings. The van der Waals surface area contributed by atoms with Crippen LogP contribution in [-0.2, 0) is 9.53 Å². The van der Waals surface area contributed by atoms with Crippen molar-refractivity contribution in [1.29, 1.82) is 0 Å². The van der Waals surface area contributed by atoms with E-state index < -0.39 is 0 Å². The summed E-state index contributed by atoms with van der Waals surface area (Å²) in [6.07, 6.45) is 8.45. The second-order valence-corrected chi connectivity index (χ2v) is 5.14. The van der Waals surface area contributed by atoms with E-state index in [-0.39, 0.29) is 18.0 Å². The number of hydrogen-bond acceptors (Lipinski definition) is 2. The molecule has 0 unspecified atom stereocenters. The number of allylic oxidation sites excluding steroid dienone is 3. The summed E-state index contributed by atoms with van der Waals surface area (Å²) in [5.41, 5.74) is 3.35. The maximum atomic E-state index is 11.6. The Morgan fingerprint density at radius 3 is 2.82 bits per heavy atom. The van der Waals surface area contributed by atoms with Crippen LogP contribution in [0.3, 0.4) is 0 Å². The molecule has 0 N–H and O–H groups in total. The second-order valence-electron chi connectivity index (χ2n) is 5.14. The maximum absolute atomic E-state index is 11.6. The summed E-state index contributed by atoms with van der Waals surface area (Å²) in [6, 6.07) is 0. The first-order chi connectivity index (χ1) is 8.08. The van der Waals surface area contributed by atoms with Crippen molar-refractivity contribution in [2.75, 3.05) is 0 Å². The van der Waals surface area contributed by atoms with Gasteiger partial charge in [0.15, 0.2) is 0 Å². The monoisotopic (exact) mass is 232 g/mol. The zero-order valence-electron chi connectivity index (χ0n) is 10.7. The van der Waals surface area contributed by atoms with Gasteiger partial charge in [-0.25, -0.2) is 4.79 Å². The number of carbonyl (C=O) groups excluding carboxylic acids is 1.